The van der Waals surface area contributed by atoms with Crippen LogP contribution < -0.4 is 10.2 Å². The van der Waals surface area contributed by atoms with Crippen molar-refractivity contribution in [1.29, 1.82) is 0 Å². The number of halogens is 4. The van der Waals surface area contributed by atoms with E-state index in [9.17, 15) is 22.8 Å². The van der Waals surface area contributed by atoms with Gasteiger partial charge >= 0.3 is 0 Å². The summed E-state index contributed by atoms with van der Waals surface area (Å²) >= 11 is 5.99. The van der Waals surface area contributed by atoms with E-state index in [0.29, 0.717) is 11.8 Å². The topological polar surface area (TPSA) is 49.4 Å². The number of benzene rings is 2. The SMILES string of the molecule is CC(=O)N(CC(=O)Nc1ccc(F)c(F)c1F)c1ccccc1Cl. The number of nitrogens with one attached hydrogen (secondary N) is 1. The Morgan fingerprint density at radius 3 is 2.38 bits per heavy atom. The summed E-state index contributed by atoms with van der Waals surface area (Å²) < 4.78 is 39.6. The van der Waals surface area contributed by atoms with Gasteiger partial charge in [-0.3, -0.25) is 9.59 Å². The first kappa shape index (κ1) is 17.8. The average Bonchev–Trinajstić information content (AvgIpc) is 2.54. The van der Waals surface area contributed by atoms with Crippen molar-refractivity contribution in [3.8, 4) is 0 Å². The molecule has 0 atom stereocenters. The van der Waals surface area contributed by atoms with E-state index in [2.05, 4.69) is 5.32 Å². The van der Waals surface area contributed by atoms with Crippen molar-refractivity contribution < 1.29 is 22.8 Å². The number of carbonyl (C=O) groups is 2. The lowest BCUT2D eigenvalue weighted by Gasteiger charge is -2.21. The van der Waals surface area contributed by atoms with E-state index in [0.717, 1.165) is 11.0 Å². The average molecular weight is 357 g/mol. The third-order valence-electron chi connectivity index (χ3n) is 3.13. The zero-order valence-corrected chi connectivity index (χ0v) is 13.2. The molecular weight excluding hydrogens is 345 g/mol. The molecule has 0 unspecified atom stereocenters. The molecule has 24 heavy (non-hydrogen) atoms. The van der Waals surface area contributed by atoms with E-state index in [1.54, 1.807) is 18.2 Å². The maximum atomic E-state index is 13.6. The largest absolute Gasteiger partial charge is 0.322 e. The van der Waals surface area contributed by atoms with Crippen molar-refractivity contribution in [1.82, 2.24) is 0 Å². The highest BCUT2D eigenvalue weighted by atomic mass is 35.5. The molecule has 0 saturated carbocycles. The van der Waals surface area contributed by atoms with Crippen LogP contribution in [0, 0.1) is 17.5 Å². The predicted molar refractivity (Wildman–Crippen MR) is 84.4 cm³/mol. The normalized spacial score (nSPS) is 10.4. The quantitative estimate of drug-likeness (QED) is 0.848. The molecule has 0 aromatic heterocycles. The first-order valence-corrected chi connectivity index (χ1v) is 7.15. The van der Waals surface area contributed by atoms with Gasteiger partial charge in [-0.2, -0.15) is 0 Å². The third kappa shape index (κ3) is 3.86. The Kier molecular flexibility index (Phi) is 5.46. The molecule has 1 N–H and O–H groups in total. The molecule has 0 radical (unpaired) electrons. The van der Waals surface area contributed by atoms with Gasteiger partial charge in [0, 0.05) is 6.92 Å². The molecule has 0 fully saturated rings. The molecule has 2 aromatic rings. The first-order chi connectivity index (χ1) is 11.3. The number of anilines is 2. The number of carbonyl (C=O) groups excluding carboxylic acids is 2. The van der Waals surface area contributed by atoms with Crippen LogP contribution >= 0.6 is 11.6 Å². The summed E-state index contributed by atoms with van der Waals surface area (Å²) in [5.74, 6) is -5.84. The fourth-order valence-corrected chi connectivity index (χ4v) is 2.23. The molecule has 2 rings (SSSR count). The van der Waals surface area contributed by atoms with Crippen molar-refractivity contribution in [3.05, 3.63) is 58.9 Å². The Hall–Kier alpha value is -2.54. The van der Waals surface area contributed by atoms with E-state index in [-0.39, 0.29) is 5.02 Å². The molecule has 0 heterocycles. The summed E-state index contributed by atoms with van der Waals surface area (Å²) in [5, 5.41) is 2.34. The number of rotatable bonds is 4. The molecule has 126 valence electrons. The molecule has 4 nitrogen and oxygen atoms in total. The van der Waals surface area contributed by atoms with Gasteiger partial charge in [0.05, 0.1) is 16.4 Å². The molecule has 0 spiro atoms. The van der Waals surface area contributed by atoms with Crippen LogP contribution in [0.3, 0.4) is 0 Å². The smallest absolute Gasteiger partial charge is 0.244 e. The standard InChI is InChI=1S/C16H12ClF3N2O2/c1-9(23)22(13-5-3-2-4-10(13)17)8-14(24)21-12-7-6-11(18)15(19)16(12)20/h2-7H,8H2,1H3,(H,21,24). The lowest BCUT2D eigenvalue weighted by Crippen LogP contribution is -2.37. The molecule has 8 heteroatoms. The van der Waals surface area contributed by atoms with Gasteiger partial charge in [0.15, 0.2) is 17.5 Å². The van der Waals surface area contributed by atoms with E-state index in [4.69, 9.17) is 11.6 Å². The summed E-state index contributed by atoms with van der Waals surface area (Å²) in [6, 6.07) is 7.93. The summed E-state index contributed by atoms with van der Waals surface area (Å²) in [5.41, 5.74) is -0.228. The lowest BCUT2D eigenvalue weighted by atomic mass is 10.2. The highest BCUT2D eigenvalue weighted by Gasteiger charge is 2.20. The molecule has 0 bridgehead atoms. The van der Waals surface area contributed by atoms with Gasteiger partial charge in [-0.1, -0.05) is 23.7 Å². The molecule has 0 saturated heterocycles. The third-order valence-corrected chi connectivity index (χ3v) is 3.45. The summed E-state index contributed by atoms with van der Waals surface area (Å²) in [4.78, 5) is 24.9. The van der Waals surface area contributed by atoms with Gasteiger partial charge in [0.2, 0.25) is 11.8 Å². The Balaban J connectivity index is 2.20. The van der Waals surface area contributed by atoms with Crippen LogP contribution in [0.25, 0.3) is 0 Å². The van der Waals surface area contributed by atoms with Crippen molar-refractivity contribution in [2.45, 2.75) is 6.92 Å². The maximum absolute atomic E-state index is 13.6. The number of amides is 2. The number of nitrogens with zero attached hydrogens (tertiary/aromatic N) is 1. The molecule has 2 aromatic carbocycles. The van der Waals surface area contributed by atoms with E-state index in [1.807, 2.05) is 0 Å². The Morgan fingerprint density at radius 2 is 1.75 bits per heavy atom. The highest BCUT2D eigenvalue weighted by Crippen LogP contribution is 2.25. The Morgan fingerprint density at radius 1 is 1.08 bits per heavy atom. The van der Waals surface area contributed by atoms with Gasteiger partial charge in [-0.25, -0.2) is 13.2 Å². The van der Waals surface area contributed by atoms with Crippen molar-refractivity contribution in [2.75, 3.05) is 16.8 Å². The summed E-state index contributed by atoms with van der Waals surface area (Å²) in [6.45, 7) is 0.756. The highest BCUT2D eigenvalue weighted by molar-refractivity contribution is 6.33. The zero-order valence-electron chi connectivity index (χ0n) is 12.4. The minimum atomic E-state index is -1.69. The van der Waals surface area contributed by atoms with Gasteiger partial charge in [0.1, 0.15) is 6.54 Å². The molecule has 0 aliphatic carbocycles. The molecule has 0 aliphatic heterocycles. The van der Waals surface area contributed by atoms with Crippen LogP contribution in [-0.4, -0.2) is 18.4 Å². The van der Waals surface area contributed by atoms with E-state index in [1.165, 1.54) is 13.0 Å². The summed E-state index contributed by atoms with van der Waals surface area (Å²) in [7, 11) is 0. The van der Waals surface area contributed by atoms with Crippen LogP contribution in [0.4, 0.5) is 24.5 Å². The number of hydrogen-bond acceptors (Lipinski definition) is 2. The Bertz CT molecular complexity index is 799. The van der Waals surface area contributed by atoms with Gasteiger partial charge < -0.3 is 10.2 Å². The molecular formula is C16H12ClF3N2O2. The van der Waals surface area contributed by atoms with Crippen LogP contribution in [0.1, 0.15) is 6.92 Å². The minimum absolute atomic E-state index is 0.250. The number of hydrogen-bond donors (Lipinski definition) is 1. The fourth-order valence-electron chi connectivity index (χ4n) is 1.99. The van der Waals surface area contributed by atoms with Gasteiger partial charge in [-0.05, 0) is 24.3 Å². The first-order valence-electron chi connectivity index (χ1n) is 6.77. The maximum Gasteiger partial charge on any atom is 0.244 e. The lowest BCUT2D eigenvalue weighted by molar-refractivity contribution is -0.120. The van der Waals surface area contributed by atoms with Crippen molar-refractivity contribution in [2.24, 2.45) is 0 Å². The van der Waals surface area contributed by atoms with Gasteiger partial charge in [0.25, 0.3) is 0 Å². The Labute approximate surface area is 140 Å². The molecule has 2 amide bonds. The van der Waals surface area contributed by atoms with Crippen LogP contribution in [-0.2, 0) is 9.59 Å². The van der Waals surface area contributed by atoms with Gasteiger partial charge in [-0.15, -0.1) is 0 Å². The monoisotopic (exact) mass is 356 g/mol. The van der Waals surface area contributed by atoms with Crippen LogP contribution in [0.5, 0.6) is 0 Å². The van der Waals surface area contributed by atoms with E-state index < -0.39 is 41.5 Å². The predicted octanol–water partition coefficient (Wildman–Crippen LogP) is 3.75. The second kappa shape index (κ2) is 7.35. The second-order valence-corrected chi connectivity index (χ2v) is 5.23. The number of para-hydroxylation sites is 1. The van der Waals surface area contributed by atoms with Crippen molar-refractivity contribution >= 4 is 34.8 Å². The molecule has 0 aliphatic rings. The van der Waals surface area contributed by atoms with Crippen LogP contribution in [0.15, 0.2) is 36.4 Å². The minimum Gasteiger partial charge on any atom is -0.322 e. The van der Waals surface area contributed by atoms with E-state index >= 15 is 0 Å². The zero-order chi connectivity index (χ0) is 17.9. The van der Waals surface area contributed by atoms with Crippen LogP contribution in [0.2, 0.25) is 5.02 Å². The fraction of sp³-hybridized carbons (Fsp3) is 0.125. The summed E-state index contributed by atoms with van der Waals surface area (Å²) in [6.07, 6.45) is 0. The second-order valence-electron chi connectivity index (χ2n) is 4.83. The van der Waals surface area contributed by atoms with Crippen molar-refractivity contribution in [3.63, 3.8) is 0 Å².